The van der Waals surface area contributed by atoms with Gasteiger partial charge >= 0.3 is 5.97 Å². The number of hydrogen-bond acceptors (Lipinski definition) is 9. The first-order chi connectivity index (χ1) is 9.36. The normalized spacial score (nSPS) is 13.1. The van der Waals surface area contributed by atoms with E-state index in [1.165, 1.54) is 6.92 Å². The lowest BCUT2D eigenvalue weighted by atomic mass is 10.2. The number of carbonyl (C=O) groups is 1. The monoisotopic (exact) mass is 316 g/mol. The molecule has 0 N–H and O–H groups in total. The van der Waals surface area contributed by atoms with Crippen molar-refractivity contribution in [1.82, 2.24) is 0 Å². The van der Waals surface area contributed by atoms with Crippen LogP contribution in [-0.4, -0.2) is 48.1 Å². The number of rotatable bonds is 11. The standard InChI is InChI=1S/C8H13ClN2O9/c1-6(8(12)18-5-9)2-17-3-7(20-11(15)16)4-19-10(13)14/h6-7H,2-5H2,1H3. The Morgan fingerprint density at radius 1 is 1.20 bits per heavy atom. The third-order valence-corrected chi connectivity index (χ3v) is 1.98. The van der Waals surface area contributed by atoms with Crippen molar-refractivity contribution in [2.45, 2.75) is 13.0 Å². The van der Waals surface area contributed by atoms with Crippen LogP contribution in [0.15, 0.2) is 0 Å². The minimum atomic E-state index is -1.29. The second kappa shape index (κ2) is 9.97. The molecule has 20 heavy (non-hydrogen) atoms. The van der Waals surface area contributed by atoms with Crippen molar-refractivity contribution in [2.24, 2.45) is 5.92 Å². The van der Waals surface area contributed by atoms with Crippen LogP contribution < -0.4 is 0 Å². The lowest BCUT2D eigenvalue weighted by molar-refractivity contribution is -0.790. The van der Waals surface area contributed by atoms with Gasteiger partial charge in [-0.2, -0.15) is 0 Å². The Hall–Kier alpha value is -1.88. The van der Waals surface area contributed by atoms with Gasteiger partial charge in [0.25, 0.3) is 10.2 Å². The Kier molecular flexibility index (Phi) is 9.04. The Morgan fingerprint density at radius 2 is 1.85 bits per heavy atom. The number of esters is 1. The molecule has 0 fully saturated rings. The van der Waals surface area contributed by atoms with E-state index in [4.69, 9.17) is 16.3 Å². The number of carbonyl (C=O) groups excluding carboxylic acids is 1. The summed E-state index contributed by atoms with van der Waals surface area (Å²) in [5.41, 5.74) is 0. The number of halogens is 1. The first-order valence-corrected chi connectivity index (χ1v) is 5.79. The zero-order chi connectivity index (χ0) is 15.5. The van der Waals surface area contributed by atoms with E-state index in [0.29, 0.717) is 0 Å². The highest BCUT2D eigenvalue weighted by molar-refractivity contribution is 6.17. The summed E-state index contributed by atoms with van der Waals surface area (Å²) in [6, 6.07) is -0.299. The van der Waals surface area contributed by atoms with E-state index in [9.17, 15) is 25.0 Å². The van der Waals surface area contributed by atoms with Crippen molar-refractivity contribution >= 4 is 17.6 Å². The molecule has 11 nitrogen and oxygen atoms in total. The molecule has 0 radical (unpaired) electrons. The van der Waals surface area contributed by atoms with Crippen LogP contribution in [0.2, 0.25) is 0 Å². The zero-order valence-corrected chi connectivity index (χ0v) is 11.2. The Bertz CT molecular complexity index is 340. The molecule has 0 rings (SSSR count). The van der Waals surface area contributed by atoms with Crippen LogP contribution in [0.25, 0.3) is 0 Å². The van der Waals surface area contributed by atoms with Crippen LogP contribution in [-0.2, 0) is 23.9 Å². The Labute approximate surface area is 117 Å². The molecule has 0 aromatic carbocycles. The number of nitrogens with zero attached hydrogens (tertiary/aromatic N) is 2. The van der Waals surface area contributed by atoms with Crippen LogP contribution in [0.1, 0.15) is 6.92 Å². The molecule has 0 bridgehead atoms. The van der Waals surface area contributed by atoms with Gasteiger partial charge < -0.3 is 19.1 Å². The van der Waals surface area contributed by atoms with Crippen molar-refractivity contribution in [3.63, 3.8) is 0 Å². The van der Waals surface area contributed by atoms with Crippen LogP contribution in [0, 0.1) is 26.1 Å². The molecular weight excluding hydrogens is 304 g/mol. The summed E-state index contributed by atoms with van der Waals surface area (Å²) >= 11 is 5.19. The molecule has 0 amide bonds. The molecule has 116 valence electrons. The molecule has 0 aliphatic carbocycles. The highest BCUT2D eigenvalue weighted by atomic mass is 35.5. The van der Waals surface area contributed by atoms with E-state index in [-0.39, 0.29) is 19.3 Å². The molecule has 0 saturated heterocycles. The fourth-order valence-electron chi connectivity index (χ4n) is 1.02. The average molecular weight is 317 g/mol. The predicted octanol–water partition coefficient (Wildman–Crippen LogP) is 0.164. The van der Waals surface area contributed by atoms with Gasteiger partial charge in [0.15, 0.2) is 12.2 Å². The first-order valence-electron chi connectivity index (χ1n) is 5.25. The summed E-state index contributed by atoms with van der Waals surface area (Å²) in [5, 5.41) is 17.9. The van der Waals surface area contributed by atoms with E-state index < -0.39 is 34.8 Å². The van der Waals surface area contributed by atoms with Gasteiger partial charge in [-0.25, -0.2) is 0 Å². The number of hydrogen-bond donors (Lipinski definition) is 0. The van der Waals surface area contributed by atoms with Crippen molar-refractivity contribution in [2.75, 3.05) is 25.9 Å². The Balaban J connectivity index is 4.08. The van der Waals surface area contributed by atoms with Gasteiger partial charge in [-0.05, 0) is 6.92 Å². The lowest BCUT2D eigenvalue weighted by Crippen LogP contribution is -2.30. The molecule has 0 aliphatic heterocycles. The number of ether oxygens (including phenoxy) is 2. The minimum Gasteiger partial charge on any atom is -0.449 e. The summed E-state index contributed by atoms with van der Waals surface area (Å²) in [7, 11) is 0. The summed E-state index contributed by atoms with van der Waals surface area (Å²) in [5.74, 6) is -1.25. The van der Waals surface area contributed by atoms with Crippen molar-refractivity contribution in [3.8, 4) is 0 Å². The third-order valence-electron chi connectivity index (χ3n) is 1.87. The van der Waals surface area contributed by atoms with Gasteiger partial charge in [-0.3, -0.25) is 4.79 Å². The van der Waals surface area contributed by atoms with Gasteiger partial charge in [0.2, 0.25) is 0 Å². The van der Waals surface area contributed by atoms with Crippen molar-refractivity contribution in [1.29, 1.82) is 0 Å². The lowest BCUT2D eigenvalue weighted by Gasteiger charge is -2.15. The summed E-state index contributed by atoms with van der Waals surface area (Å²) in [6.45, 7) is 0.333. The molecule has 0 aliphatic rings. The largest absolute Gasteiger partial charge is 0.449 e. The second-order valence-electron chi connectivity index (χ2n) is 3.48. The maximum atomic E-state index is 11.2. The quantitative estimate of drug-likeness (QED) is 0.225. The van der Waals surface area contributed by atoms with E-state index >= 15 is 0 Å². The molecule has 0 aromatic rings. The van der Waals surface area contributed by atoms with Gasteiger partial charge in [0.05, 0.1) is 19.1 Å². The topological polar surface area (TPSA) is 140 Å². The molecule has 2 unspecified atom stereocenters. The maximum Gasteiger partial charge on any atom is 0.312 e. The fourth-order valence-corrected chi connectivity index (χ4v) is 1.12. The van der Waals surface area contributed by atoms with Crippen molar-refractivity contribution < 1.29 is 34.1 Å². The van der Waals surface area contributed by atoms with Gasteiger partial charge in [0.1, 0.15) is 6.61 Å². The van der Waals surface area contributed by atoms with Crippen LogP contribution in [0.5, 0.6) is 0 Å². The summed E-state index contributed by atoms with van der Waals surface area (Å²) in [6.07, 6.45) is -1.29. The minimum absolute atomic E-state index is 0.119. The maximum absolute atomic E-state index is 11.2. The number of alkyl halides is 1. The van der Waals surface area contributed by atoms with E-state index in [2.05, 4.69) is 14.4 Å². The fraction of sp³-hybridized carbons (Fsp3) is 0.875. The molecule has 0 heterocycles. The zero-order valence-electron chi connectivity index (χ0n) is 10.4. The summed E-state index contributed by atoms with van der Waals surface area (Å²) < 4.78 is 9.48. The van der Waals surface area contributed by atoms with Gasteiger partial charge in [-0.1, -0.05) is 11.6 Å². The van der Waals surface area contributed by atoms with Crippen LogP contribution >= 0.6 is 11.6 Å². The average Bonchev–Trinajstić information content (AvgIpc) is 2.35. The molecule has 0 saturated carbocycles. The van der Waals surface area contributed by atoms with Crippen LogP contribution in [0.4, 0.5) is 0 Å². The van der Waals surface area contributed by atoms with E-state index in [1.807, 2.05) is 0 Å². The first kappa shape index (κ1) is 18.1. The highest BCUT2D eigenvalue weighted by Crippen LogP contribution is 2.03. The second-order valence-corrected chi connectivity index (χ2v) is 3.70. The highest BCUT2D eigenvalue weighted by Gasteiger charge is 2.19. The van der Waals surface area contributed by atoms with Crippen molar-refractivity contribution in [3.05, 3.63) is 20.2 Å². The van der Waals surface area contributed by atoms with Gasteiger partial charge in [0, 0.05) is 0 Å². The molecule has 0 aromatic heterocycles. The molecule has 2 atom stereocenters. The molecule has 0 spiro atoms. The SMILES string of the molecule is CC(COCC(CO[N+](=O)[O-])O[N+](=O)[O-])C(=O)OCCl. The van der Waals surface area contributed by atoms with Crippen LogP contribution in [0.3, 0.4) is 0 Å². The van der Waals surface area contributed by atoms with E-state index in [1.54, 1.807) is 0 Å². The summed E-state index contributed by atoms with van der Waals surface area (Å²) in [4.78, 5) is 39.4. The predicted molar refractivity (Wildman–Crippen MR) is 61.6 cm³/mol. The Morgan fingerprint density at radius 3 is 2.35 bits per heavy atom. The molecule has 12 heteroatoms. The smallest absolute Gasteiger partial charge is 0.312 e. The third kappa shape index (κ3) is 9.10. The van der Waals surface area contributed by atoms with Gasteiger partial charge in [-0.15, -0.1) is 20.2 Å². The van der Waals surface area contributed by atoms with E-state index in [0.717, 1.165) is 0 Å². The molecular formula is C8H13ClN2O9.